The molecular formula is C18H26Br2O. The van der Waals surface area contributed by atoms with Crippen molar-refractivity contribution in [1.29, 1.82) is 0 Å². The summed E-state index contributed by atoms with van der Waals surface area (Å²) in [5, 5.41) is 0.852. The Morgan fingerprint density at radius 3 is 2.43 bits per heavy atom. The zero-order valence-corrected chi connectivity index (χ0v) is 16.4. The van der Waals surface area contributed by atoms with Crippen LogP contribution in [0, 0.1) is 17.8 Å². The average Bonchev–Trinajstić information content (AvgIpc) is 2.45. The van der Waals surface area contributed by atoms with E-state index >= 15 is 0 Å². The van der Waals surface area contributed by atoms with E-state index in [0.717, 1.165) is 15.7 Å². The molecule has 0 heterocycles. The summed E-state index contributed by atoms with van der Waals surface area (Å²) in [6.07, 6.45) is 4.39. The van der Waals surface area contributed by atoms with Crippen LogP contribution in [0.5, 0.6) is 0 Å². The van der Waals surface area contributed by atoms with Crippen LogP contribution < -0.4 is 0 Å². The van der Waals surface area contributed by atoms with Gasteiger partial charge in [0.2, 0.25) is 0 Å². The molecule has 4 atom stereocenters. The van der Waals surface area contributed by atoms with E-state index in [2.05, 4.69) is 76.9 Å². The third kappa shape index (κ3) is 4.80. The van der Waals surface area contributed by atoms with Crippen LogP contribution in [0.1, 0.15) is 51.7 Å². The molecule has 1 aliphatic rings. The van der Waals surface area contributed by atoms with Gasteiger partial charge in [0.15, 0.2) is 0 Å². The van der Waals surface area contributed by atoms with Crippen LogP contribution in [0.3, 0.4) is 0 Å². The Morgan fingerprint density at radius 1 is 1.19 bits per heavy atom. The van der Waals surface area contributed by atoms with E-state index in [1.54, 1.807) is 0 Å². The van der Waals surface area contributed by atoms with Gasteiger partial charge in [0.05, 0.1) is 12.2 Å². The maximum absolute atomic E-state index is 6.55. The van der Waals surface area contributed by atoms with Crippen LogP contribution in [0.15, 0.2) is 28.7 Å². The lowest BCUT2D eigenvalue weighted by Crippen LogP contribution is -2.35. The fourth-order valence-corrected chi connectivity index (χ4v) is 4.15. The number of alkyl halides is 1. The molecule has 0 bridgehead atoms. The Bertz CT molecular complexity index is 429. The molecule has 0 amide bonds. The van der Waals surface area contributed by atoms with Crippen LogP contribution in [0.4, 0.5) is 0 Å². The standard InChI is InChI=1S/C18H26Br2O/c1-12(2)16-9-4-13(3)10-17(16)21-18(11-19)14-5-7-15(20)8-6-14/h5-8,12-13,16-18H,4,9-11H2,1-3H3. The third-order valence-electron chi connectivity index (χ3n) is 4.68. The van der Waals surface area contributed by atoms with E-state index in [4.69, 9.17) is 4.74 Å². The van der Waals surface area contributed by atoms with Gasteiger partial charge < -0.3 is 4.74 Å². The van der Waals surface area contributed by atoms with Gasteiger partial charge in [-0.05, 0) is 48.3 Å². The SMILES string of the molecule is CC1CCC(C(C)C)C(OC(CBr)c2ccc(Br)cc2)C1. The van der Waals surface area contributed by atoms with E-state index in [1.807, 2.05) is 0 Å². The van der Waals surface area contributed by atoms with E-state index < -0.39 is 0 Å². The molecular weight excluding hydrogens is 392 g/mol. The Balaban J connectivity index is 2.09. The number of hydrogen-bond acceptors (Lipinski definition) is 1. The molecule has 1 saturated carbocycles. The fourth-order valence-electron chi connectivity index (χ4n) is 3.36. The van der Waals surface area contributed by atoms with Gasteiger partial charge in [0.25, 0.3) is 0 Å². The first kappa shape index (κ1) is 17.5. The monoisotopic (exact) mass is 416 g/mol. The quantitative estimate of drug-likeness (QED) is 0.506. The smallest absolute Gasteiger partial charge is 0.0925 e. The van der Waals surface area contributed by atoms with Gasteiger partial charge in [-0.15, -0.1) is 0 Å². The average molecular weight is 418 g/mol. The molecule has 4 unspecified atom stereocenters. The van der Waals surface area contributed by atoms with Crippen molar-refractivity contribution in [1.82, 2.24) is 0 Å². The normalized spacial score (nSPS) is 27.8. The zero-order chi connectivity index (χ0) is 15.4. The summed E-state index contributed by atoms with van der Waals surface area (Å²) < 4.78 is 7.67. The highest BCUT2D eigenvalue weighted by molar-refractivity contribution is 9.10. The van der Waals surface area contributed by atoms with Crippen molar-refractivity contribution in [2.75, 3.05) is 5.33 Å². The summed E-state index contributed by atoms with van der Waals surface area (Å²) in [6, 6.07) is 8.51. The summed E-state index contributed by atoms with van der Waals surface area (Å²) in [5.74, 6) is 2.17. The van der Waals surface area contributed by atoms with Crippen molar-refractivity contribution in [3.63, 3.8) is 0 Å². The topological polar surface area (TPSA) is 9.23 Å². The molecule has 0 saturated heterocycles. The molecule has 0 aliphatic heterocycles. The Morgan fingerprint density at radius 2 is 1.86 bits per heavy atom. The number of halogens is 2. The van der Waals surface area contributed by atoms with Crippen molar-refractivity contribution in [2.24, 2.45) is 17.8 Å². The molecule has 1 nitrogen and oxygen atoms in total. The van der Waals surface area contributed by atoms with Gasteiger partial charge in [-0.2, -0.15) is 0 Å². The highest BCUT2D eigenvalue weighted by Crippen LogP contribution is 2.38. The Labute approximate surface area is 146 Å². The molecule has 118 valence electrons. The Hall–Kier alpha value is 0.140. The molecule has 0 radical (unpaired) electrons. The summed E-state index contributed by atoms with van der Waals surface area (Å²) >= 11 is 7.13. The minimum absolute atomic E-state index is 0.148. The second kappa shape index (κ2) is 8.12. The third-order valence-corrected chi connectivity index (χ3v) is 5.80. The van der Waals surface area contributed by atoms with E-state index in [1.165, 1.54) is 24.8 Å². The minimum atomic E-state index is 0.148. The number of hydrogen-bond donors (Lipinski definition) is 0. The number of benzene rings is 1. The first-order chi connectivity index (χ1) is 10.0. The van der Waals surface area contributed by atoms with Crippen molar-refractivity contribution in [3.8, 4) is 0 Å². The molecule has 0 aromatic heterocycles. The number of ether oxygens (including phenoxy) is 1. The molecule has 0 N–H and O–H groups in total. The molecule has 2 rings (SSSR count). The van der Waals surface area contributed by atoms with Crippen molar-refractivity contribution < 1.29 is 4.74 Å². The molecule has 1 aromatic rings. The van der Waals surface area contributed by atoms with Crippen molar-refractivity contribution in [3.05, 3.63) is 34.3 Å². The van der Waals surface area contributed by atoms with Crippen LogP contribution >= 0.6 is 31.9 Å². The lowest BCUT2D eigenvalue weighted by molar-refractivity contribution is -0.0732. The van der Waals surface area contributed by atoms with Gasteiger partial charge in [0.1, 0.15) is 0 Å². The van der Waals surface area contributed by atoms with E-state index in [9.17, 15) is 0 Å². The fraction of sp³-hybridized carbons (Fsp3) is 0.667. The second-order valence-electron chi connectivity index (χ2n) is 6.70. The van der Waals surface area contributed by atoms with Gasteiger partial charge in [-0.1, -0.05) is 71.2 Å². The van der Waals surface area contributed by atoms with Crippen LogP contribution in [0.2, 0.25) is 0 Å². The Kier molecular flexibility index (Phi) is 6.77. The summed E-state index contributed by atoms with van der Waals surface area (Å²) in [6.45, 7) is 7.02. The minimum Gasteiger partial charge on any atom is -0.369 e. The van der Waals surface area contributed by atoms with E-state index in [0.29, 0.717) is 17.9 Å². The van der Waals surface area contributed by atoms with E-state index in [-0.39, 0.29) is 6.10 Å². The highest BCUT2D eigenvalue weighted by Gasteiger charge is 2.33. The van der Waals surface area contributed by atoms with Gasteiger partial charge in [-0.25, -0.2) is 0 Å². The maximum atomic E-state index is 6.55. The maximum Gasteiger partial charge on any atom is 0.0925 e. The lowest BCUT2D eigenvalue weighted by Gasteiger charge is -2.39. The van der Waals surface area contributed by atoms with Gasteiger partial charge in [0, 0.05) is 9.80 Å². The predicted octanol–water partition coefficient (Wildman–Crippen LogP) is 6.36. The van der Waals surface area contributed by atoms with Crippen LogP contribution in [-0.2, 0) is 4.74 Å². The first-order valence-corrected chi connectivity index (χ1v) is 9.89. The van der Waals surface area contributed by atoms with Crippen LogP contribution in [0.25, 0.3) is 0 Å². The molecule has 1 aliphatic carbocycles. The second-order valence-corrected chi connectivity index (χ2v) is 8.26. The van der Waals surface area contributed by atoms with Crippen LogP contribution in [-0.4, -0.2) is 11.4 Å². The van der Waals surface area contributed by atoms with Crippen molar-refractivity contribution in [2.45, 2.75) is 52.2 Å². The molecule has 0 spiro atoms. The molecule has 1 aromatic carbocycles. The first-order valence-electron chi connectivity index (χ1n) is 7.98. The van der Waals surface area contributed by atoms with Crippen molar-refractivity contribution >= 4 is 31.9 Å². The molecule has 21 heavy (non-hydrogen) atoms. The molecule has 3 heteroatoms. The highest BCUT2D eigenvalue weighted by atomic mass is 79.9. The van der Waals surface area contributed by atoms with Gasteiger partial charge >= 0.3 is 0 Å². The summed E-state index contributed by atoms with van der Waals surface area (Å²) in [5.41, 5.74) is 1.26. The largest absolute Gasteiger partial charge is 0.369 e. The predicted molar refractivity (Wildman–Crippen MR) is 96.9 cm³/mol. The lowest BCUT2D eigenvalue weighted by atomic mass is 9.75. The summed E-state index contributed by atoms with van der Waals surface area (Å²) in [4.78, 5) is 0. The summed E-state index contributed by atoms with van der Waals surface area (Å²) in [7, 11) is 0. The number of rotatable bonds is 5. The molecule has 1 fully saturated rings. The van der Waals surface area contributed by atoms with Gasteiger partial charge in [-0.3, -0.25) is 0 Å². The zero-order valence-electron chi connectivity index (χ0n) is 13.2.